The lowest BCUT2D eigenvalue weighted by Crippen LogP contribution is -2.48. The van der Waals surface area contributed by atoms with Gasteiger partial charge in [-0.05, 0) is 42.2 Å². The minimum absolute atomic E-state index is 0.0149. The van der Waals surface area contributed by atoms with Crippen molar-refractivity contribution in [3.05, 3.63) is 42.5 Å². The molecule has 2 aliphatic rings. The van der Waals surface area contributed by atoms with E-state index >= 15 is 0 Å². The first kappa shape index (κ1) is 22.1. The predicted octanol–water partition coefficient (Wildman–Crippen LogP) is 3.43. The van der Waals surface area contributed by atoms with Gasteiger partial charge in [0.1, 0.15) is 0 Å². The van der Waals surface area contributed by atoms with Gasteiger partial charge in [0.2, 0.25) is 0 Å². The maximum Gasteiger partial charge on any atom is 0.316 e. The maximum absolute atomic E-state index is 12.9. The Morgan fingerprint density at radius 1 is 1.00 bits per heavy atom. The Labute approximate surface area is 187 Å². The summed E-state index contributed by atoms with van der Waals surface area (Å²) in [6.07, 6.45) is 4.31. The lowest BCUT2D eigenvalue weighted by Gasteiger charge is -2.33. The van der Waals surface area contributed by atoms with Gasteiger partial charge >= 0.3 is 5.97 Å². The standard InChI is InChI=1S/C23H27NO5S2/c25-22(24(19-7-3-4-8-19)20-11-12-31(27,28)16-20)14-29-23(26)15-30-21-10-9-17-5-1-2-6-18(17)13-21/h1-2,5-6,9-10,13,19-20H,3-4,7-8,11-12,14-16H2/t20-/m0/s1. The van der Waals surface area contributed by atoms with Crippen LogP contribution in [0.25, 0.3) is 10.8 Å². The molecule has 0 radical (unpaired) electrons. The van der Waals surface area contributed by atoms with Crippen LogP contribution in [0.15, 0.2) is 47.4 Å². The quantitative estimate of drug-likeness (QED) is 0.464. The van der Waals surface area contributed by atoms with E-state index in [2.05, 4.69) is 0 Å². The van der Waals surface area contributed by atoms with Crippen molar-refractivity contribution in [1.29, 1.82) is 0 Å². The first-order valence-electron chi connectivity index (χ1n) is 10.7. The fourth-order valence-corrected chi connectivity index (χ4v) is 6.99. The number of fused-ring (bicyclic) bond motifs is 1. The molecule has 1 heterocycles. The number of rotatable bonds is 7. The zero-order chi connectivity index (χ0) is 21.8. The summed E-state index contributed by atoms with van der Waals surface area (Å²) < 4.78 is 29.1. The number of hydrogen-bond donors (Lipinski definition) is 0. The molecule has 2 aromatic carbocycles. The highest BCUT2D eigenvalue weighted by Gasteiger charge is 2.39. The lowest BCUT2D eigenvalue weighted by molar-refractivity contribution is -0.152. The summed E-state index contributed by atoms with van der Waals surface area (Å²) in [5, 5.41) is 2.25. The summed E-state index contributed by atoms with van der Waals surface area (Å²) in [6, 6.07) is 13.8. The second-order valence-corrected chi connectivity index (χ2v) is 11.5. The molecular weight excluding hydrogens is 434 g/mol. The highest BCUT2D eigenvalue weighted by Crippen LogP contribution is 2.29. The molecule has 1 saturated heterocycles. The first-order chi connectivity index (χ1) is 14.9. The molecule has 0 unspecified atom stereocenters. The molecule has 2 fully saturated rings. The van der Waals surface area contributed by atoms with Gasteiger partial charge in [0.25, 0.3) is 5.91 Å². The van der Waals surface area contributed by atoms with Crippen LogP contribution in [0.5, 0.6) is 0 Å². The largest absolute Gasteiger partial charge is 0.455 e. The number of sulfone groups is 1. The van der Waals surface area contributed by atoms with Crippen LogP contribution in [-0.2, 0) is 24.2 Å². The Morgan fingerprint density at radius 3 is 2.45 bits per heavy atom. The van der Waals surface area contributed by atoms with E-state index in [0.717, 1.165) is 41.4 Å². The number of esters is 1. The molecule has 4 rings (SSSR count). The molecule has 0 spiro atoms. The number of carbonyl (C=O) groups excluding carboxylic acids is 2. The Morgan fingerprint density at radius 2 is 1.74 bits per heavy atom. The molecule has 1 amide bonds. The Kier molecular flexibility index (Phi) is 6.86. The molecule has 1 saturated carbocycles. The number of nitrogens with zero attached hydrogens (tertiary/aromatic N) is 1. The smallest absolute Gasteiger partial charge is 0.316 e. The third-order valence-electron chi connectivity index (χ3n) is 6.04. The van der Waals surface area contributed by atoms with Crippen molar-refractivity contribution in [3.8, 4) is 0 Å². The summed E-state index contributed by atoms with van der Waals surface area (Å²) >= 11 is 1.38. The van der Waals surface area contributed by atoms with Gasteiger partial charge in [-0.2, -0.15) is 0 Å². The number of amides is 1. The van der Waals surface area contributed by atoms with Crippen molar-refractivity contribution in [2.75, 3.05) is 23.9 Å². The van der Waals surface area contributed by atoms with Crippen LogP contribution < -0.4 is 0 Å². The lowest BCUT2D eigenvalue weighted by atomic mass is 10.1. The highest BCUT2D eigenvalue weighted by molar-refractivity contribution is 8.00. The zero-order valence-corrected chi connectivity index (χ0v) is 19.0. The van der Waals surface area contributed by atoms with Crippen molar-refractivity contribution < 1.29 is 22.7 Å². The van der Waals surface area contributed by atoms with Gasteiger partial charge in [0, 0.05) is 17.0 Å². The van der Waals surface area contributed by atoms with Crippen LogP contribution in [0.2, 0.25) is 0 Å². The molecule has 1 atom stereocenters. The average Bonchev–Trinajstić information content (AvgIpc) is 3.40. The van der Waals surface area contributed by atoms with Crippen LogP contribution in [-0.4, -0.2) is 61.1 Å². The van der Waals surface area contributed by atoms with E-state index in [-0.39, 0.29) is 41.9 Å². The van der Waals surface area contributed by atoms with Crippen LogP contribution in [0.4, 0.5) is 0 Å². The Balaban J connectivity index is 1.31. The van der Waals surface area contributed by atoms with Gasteiger partial charge in [0.05, 0.1) is 17.3 Å². The van der Waals surface area contributed by atoms with Crippen molar-refractivity contribution in [1.82, 2.24) is 4.90 Å². The normalized spacial score (nSPS) is 20.7. The number of thioether (sulfide) groups is 1. The molecule has 1 aliphatic carbocycles. The Hall–Kier alpha value is -2.06. The van der Waals surface area contributed by atoms with Crippen LogP contribution >= 0.6 is 11.8 Å². The van der Waals surface area contributed by atoms with E-state index in [1.165, 1.54) is 11.8 Å². The summed E-state index contributed by atoms with van der Waals surface area (Å²) in [6.45, 7) is -0.329. The molecular formula is C23H27NO5S2. The Bertz CT molecular complexity index is 1060. The van der Waals surface area contributed by atoms with E-state index < -0.39 is 15.8 Å². The van der Waals surface area contributed by atoms with E-state index in [9.17, 15) is 18.0 Å². The third kappa shape index (κ3) is 5.60. The van der Waals surface area contributed by atoms with Gasteiger partial charge in [-0.15, -0.1) is 11.8 Å². The summed E-state index contributed by atoms with van der Waals surface area (Å²) in [5.41, 5.74) is 0. The van der Waals surface area contributed by atoms with E-state index in [1.54, 1.807) is 4.90 Å². The SMILES string of the molecule is O=C(CSc1ccc2ccccc2c1)OCC(=O)N(C1CCCC1)[C@H]1CCS(=O)(=O)C1. The van der Waals surface area contributed by atoms with Crippen molar-refractivity contribution in [3.63, 3.8) is 0 Å². The molecule has 1 aliphatic heterocycles. The minimum atomic E-state index is -3.09. The molecule has 0 aromatic heterocycles. The molecule has 0 bridgehead atoms. The summed E-state index contributed by atoms with van der Waals surface area (Å²) in [7, 11) is -3.09. The van der Waals surface area contributed by atoms with Crippen LogP contribution in [0, 0.1) is 0 Å². The predicted molar refractivity (Wildman–Crippen MR) is 122 cm³/mol. The number of hydrogen-bond acceptors (Lipinski definition) is 6. The molecule has 8 heteroatoms. The van der Waals surface area contributed by atoms with E-state index in [1.807, 2.05) is 42.5 Å². The second kappa shape index (κ2) is 9.61. The van der Waals surface area contributed by atoms with Crippen LogP contribution in [0.3, 0.4) is 0 Å². The molecule has 6 nitrogen and oxygen atoms in total. The monoisotopic (exact) mass is 461 g/mol. The van der Waals surface area contributed by atoms with Gasteiger partial charge < -0.3 is 9.64 Å². The minimum Gasteiger partial charge on any atom is -0.455 e. The average molecular weight is 462 g/mol. The number of carbonyl (C=O) groups is 2. The third-order valence-corrected chi connectivity index (χ3v) is 8.76. The summed E-state index contributed by atoms with van der Waals surface area (Å²) in [4.78, 5) is 27.8. The van der Waals surface area contributed by atoms with Gasteiger partial charge in [-0.25, -0.2) is 8.42 Å². The summed E-state index contributed by atoms with van der Waals surface area (Å²) in [5.74, 6) is -0.473. The van der Waals surface area contributed by atoms with E-state index in [0.29, 0.717) is 6.42 Å². The molecule has 2 aromatic rings. The van der Waals surface area contributed by atoms with Crippen molar-refractivity contribution >= 4 is 44.2 Å². The van der Waals surface area contributed by atoms with Gasteiger partial charge in [-0.3, -0.25) is 9.59 Å². The highest BCUT2D eigenvalue weighted by atomic mass is 32.2. The van der Waals surface area contributed by atoms with Crippen LogP contribution in [0.1, 0.15) is 32.1 Å². The van der Waals surface area contributed by atoms with E-state index in [4.69, 9.17) is 4.74 Å². The van der Waals surface area contributed by atoms with Gasteiger partial charge in [0.15, 0.2) is 16.4 Å². The molecule has 0 N–H and O–H groups in total. The fourth-order valence-electron chi connectivity index (χ4n) is 4.54. The maximum atomic E-state index is 12.9. The zero-order valence-electron chi connectivity index (χ0n) is 17.4. The number of ether oxygens (including phenoxy) is 1. The van der Waals surface area contributed by atoms with Crippen molar-refractivity contribution in [2.45, 2.75) is 49.1 Å². The first-order valence-corrected chi connectivity index (χ1v) is 13.5. The molecule has 166 valence electrons. The van der Waals surface area contributed by atoms with Gasteiger partial charge in [-0.1, -0.05) is 43.2 Å². The molecule has 31 heavy (non-hydrogen) atoms. The fraction of sp³-hybridized carbons (Fsp3) is 0.478. The number of benzene rings is 2. The van der Waals surface area contributed by atoms with Crippen molar-refractivity contribution in [2.24, 2.45) is 0 Å². The second-order valence-electron chi connectivity index (χ2n) is 8.25. The topological polar surface area (TPSA) is 80.8 Å².